The molecule has 0 aliphatic rings. The average molecular weight is 461 g/mol. The summed E-state index contributed by atoms with van der Waals surface area (Å²) in [6.45, 7) is 5.15. The third kappa shape index (κ3) is 6.52. The maximum atomic E-state index is 11.6. The standard InChI is InChI=1S/C26H32N6O2/c1-2-7-26(33)34-30-13-15-31(18-21-8-4-3-5-9-21)14-6-10-22-17-27-25-12-11-23(16-24(22)25)32-19-28-29-20-32/h3-5,8-9,11-12,16-17,19-20,27,30H,2,6-7,10,13-15,18H2,1H3. The lowest BCUT2D eigenvalue weighted by Crippen LogP contribution is -2.33. The van der Waals surface area contributed by atoms with E-state index in [1.165, 1.54) is 16.5 Å². The lowest BCUT2D eigenvalue weighted by molar-refractivity contribution is -0.151. The summed E-state index contributed by atoms with van der Waals surface area (Å²) in [6, 6.07) is 16.8. The summed E-state index contributed by atoms with van der Waals surface area (Å²) >= 11 is 0. The van der Waals surface area contributed by atoms with Gasteiger partial charge in [0.1, 0.15) is 12.7 Å². The number of benzene rings is 2. The van der Waals surface area contributed by atoms with E-state index in [9.17, 15) is 4.79 Å². The molecule has 178 valence electrons. The van der Waals surface area contributed by atoms with Crippen LogP contribution in [0.25, 0.3) is 16.6 Å². The molecule has 2 N–H and O–H groups in total. The number of nitrogens with one attached hydrogen (secondary N) is 2. The third-order valence-electron chi connectivity index (χ3n) is 5.81. The summed E-state index contributed by atoms with van der Waals surface area (Å²) in [6.07, 6.45) is 8.74. The summed E-state index contributed by atoms with van der Waals surface area (Å²) in [7, 11) is 0. The van der Waals surface area contributed by atoms with Crippen molar-refractivity contribution in [2.75, 3.05) is 19.6 Å². The van der Waals surface area contributed by atoms with Gasteiger partial charge in [0.05, 0.1) is 0 Å². The van der Waals surface area contributed by atoms with E-state index < -0.39 is 0 Å². The third-order valence-corrected chi connectivity index (χ3v) is 5.81. The molecule has 2 heterocycles. The second-order valence-corrected chi connectivity index (χ2v) is 8.40. The molecule has 8 nitrogen and oxygen atoms in total. The Bertz CT molecular complexity index is 1160. The molecule has 0 fully saturated rings. The van der Waals surface area contributed by atoms with Gasteiger partial charge in [-0.1, -0.05) is 37.3 Å². The highest BCUT2D eigenvalue weighted by Crippen LogP contribution is 2.23. The largest absolute Gasteiger partial charge is 0.371 e. The monoisotopic (exact) mass is 460 g/mol. The van der Waals surface area contributed by atoms with E-state index >= 15 is 0 Å². The number of nitrogens with zero attached hydrogens (tertiary/aromatic N) is 4. The van der Waals surface area contributed by atoms with Gasteiger partial charge in [-0.05, 0) is 55.1 Å². The van der Waals surface area contributed by atoms with Crippen molar-refractivity contribution in [2.24, 2.45) is 0 Å². The Morgan fingerprint density at radius 2 is 1.94 bits per heavy atom. The predicted octanol–water partition coefficient (Wildman–Crippen LogP) is 4.03. The minimum Gasteiger partial charge on any atom is -0.371 e. The summed E-state index contributed by atoms with van der Waals surface area (Å²) in [4.78, 5) is 22.5. The zero-order valence-corrected chi connectivity index (χ0v) is 19.6. The normalized spacial score (nSPS) is 11.4. The van der Waals surface area contributed by atoms with Crippen LogP contribution in [0.5, 0.6) is 0 Å². The van der Waals surface area contributed by atoms with Gasteiger partial charge in [0.15, 0.2) is 0 Å². The molecule has 0 spiro atoms. The quantitative estimate of drug-likeness (QED) is 0.231. The van der Waals surface area contributed by atoms with Crippen LogP contribution in [0.2, 0.25) is 0 Å². The van der Waals surface area contributed by atoms with Crippen molar-refractivity contribution in [3.8, 4) is 5.69 Å². The molecule has 0 aliphatic heterocycles. The minimum absolute atomic E-state index is 0.206. The fourth-order valence-corrected chi connectivity index (χ4v) is 4.06. The van der Waals surface area contributed by atoms with Gasteiger partial charge in [-0.3, -0.25) is 14.3 Å². The first-order valence-electron chi connectivity index (χ1n) is 11.9. The van der Waals surface area contributed by atoms with Crippen molar-refractivity contribution < 1.29 is 9.63 Å². The van der Waals surface area contributed by atoms with Gasteiger partial charge < -0.3 is 9.82 Å². The maximum Gasteiger partial charge on any atom is 0.324 e. The van der Waals surface area contributed by atoms with E-state index in [4.69, 9.17) is 4.84 Å². The minimum atomic E-state index is -0.206. The van der Waals surface area contributed by atoms with E-state index in [1.54, 1.807) is 12.7 Å². The Morgan fingerprint density at radius 1 is 1.12 bits per heavy atom. The van der Waals surface area contributed by atoms with Gasteiger partial charge in [-0.2, -0.15) is 5.48 Å². The van der Waals surface area contributed by atoms with Gasteiger partial charge in [-0.15, -0.1) is 10.2 Å². The molecule has 0 radical (unpaired) electrons. The van der Waals surface area contributed by atoms with Crippen LogP contribution >= 0.6 is 0 Å². The SMILES string of the molecule is CCCC(=O)ONCCN(CCCc1c[nH]c2ccc(-n3cnnc3)cc12)Cc1ccccc1. The number of fused-ring (bicyclic) bond motifs is 1. The Morgan fingerprint density at radius 3 is 2.74 bits per heavy atom. The molecule has 0 aliphatic carbocycles. The Labute approximate surface area is 199 Å². The molecule has 4 rings (SSSR count). The number of aryl methyl sites for hydroxylation is 1. The molecule has 2 aromatic carbocycles. The number of hydrogen-bond acceptors (Lipinski definition) is 6. The lowest BCUT2D eigenvalue weighted by Gasteiger charge is -2.22. The molecule has 0 saturated heterocycles. The Kier molecular flexibility index (Phi) is 8.43. The van der Waals surface area contributed by atoms with Crippen molar-refractivity contribution in [1.82, 2.24) is 30.1 Å². The van der Waals surface area contributed by atoms with Crippen LogP contribution in [0.15, 0.2) is 67.4 Å². The highest BCUT2D eigenvalue weighted by molar-refractivity contribution is 5.85. The molecule has 0 saturated carbocycles. The van der Waals surface area contributed by atoms with Gasteiger partial charge in [-0.25, -0.2) is 0 Å². The number of rotatable bonds is 13. The fraction of sp³-hybridized carbons (Fsp3) is 0.346. The number of carbonyl (C=O) groups is 1. The van der Waals surface area contributed by atoms with E-state index in [1.807, 2.05) is 17.6 Å². The van der Waals surface area contributed by atoms with E-state index in [2.05, 4.69) is 74.2 Å². The molecule has 2 aromatic heterocycles. The molecule has 8 heteroatoms. The number of hydroxylamine groups is 1. The van der Waals surface area contributed by atoms with E-state index in [0.29, 0.717) is 13.0 Å². The zero-order chi connectivity index (χ0) is 23.6. The summed E-state index contributed by atoms with van der Waals surface area (Å²) < 4.78 is 1.91. The molecular formula is C26H32N6O2. The summed E-state index contributed by atoms with van der Waals surface area (Å²) in [5.41, 5.74) is 7.58. The second kappa shape index (κ2) is 12.1. The van der Waals surface area contributed by atoms with Crippen molar-refractivity contribution >= 4 is 16.9 Å². The van der Waals surface area contributed by atoms with Gasteiger partial charge >= 0.3 is 5.97 Å². The number of aromatic nitrogens is 4. The van der Waals surface area contributed by atoms with Crippen molar-refractivity contribution in [1.29, 1.82) is 0 Å². The van der Waals surface area contributed by atoms with Gasteiger partial charge in [0, 0.05) is 48.8 Å². The molecule has 34 heavy (non-hydrogen) atoms. The topological polar surface area (TPSA) is 88.1 Å². The van der Waals surface area contributed by atoms with Crippen LogP contribution < -0.4 is 5.48 Å². The predicted molar refractivity (Wildman–Crippen MR) is 132 cm³/mol. The van der Waals surface area contributed by atoms with Gasteiger partial charge in [0.2, 0.25) is 0 Å². The smallest absolute Gasteiger partial charge is 0.324 e. The fourth-order valence-electron chi connectivity index (χ4n) is 4.06. The Balaban J connectivity index is 1.35. The first kappa shape index (κ1) is 23.7. The molecule has 0 unspecified atom stereocenters. The first-order chi connectivity index (χ1) is 16.7. The maximum absolute atomic E-state index is 11.6. The van der Waals surface area contributed by atoms with E-state index in [0.717, 1.165) is 50.1 Å². The van der Waals surface area contributed by atoms with Crippen LogP contribution in [0.4, 0.5) is 0 Å². The van der Waals surface area contributed by atoms with Crippen LogP contribution in [0.3, 0.4) is 0 Å². The van der Waals surface area contributed by atoms with Crippen molar-refractivity contribution in [3.63, 3.8) is 0 Å². The molecule has 0 amide bonds. The number of H-pyrrole nitrogens is 1. The van der Waals surface area contributed by atoms with Crippen LogP contribution in [0, 0.1) is 0 Å². The number of carbonyl (C=O) groups excluding carboxylic acids is 1. The van der Waals surface area contributed by atoms with Crippen molar-refractivity contribution in [2.45, 2.75) is 39.2 Å². The van der Waals surface area contributed by atoms with Crippen molar-refractivity contribution in [3.05, 3.63) is 78.5 Å². The first-order valence-corrected chi connectivity index (χ1v) is 11.9. The molecule has 0 atom stereocenters. The second-order valence-electron chi connectivity index (χ2n) is 8.40. The van der Waals surface area contributed by atoms with Crippen LogP contribution in [-0.4, -0.2) is 50.3 Å². The number of hydrogen-bond donors (Lipinski definition) is 2. The molecule has 4 aromatic rings. The summed E-state index contributed by atoms with van der Waals surface area (Å²) in [5.74, 6) is -0.206. The van der Waals surface area contributed by atoms with Gasteiger partial charge in [0.25, 0.3) is 0 Å². The van der Waals surface area contributed by atoms with Crippen LogP contribution in [-0.2, 0) is 22.6 Å². The Hall–Kier alpha value is -3.49. The molecular weight excluding hydrogens is 428 g/mol. The highest BCUT2D eigenvalue weighted by Gasteiger charge is 2.10. The summed E-state index contributed by atoms with van der Waals surface area (Å²) in [5, 5.41) is 9.04. The van der Waals surface area contributed by atoms with E-state index in [-0.39, 0.29) is 5.97 Å². The lowest BCUT2D eigenvalue weighted by atomic mass is 10.1. The molecule has 0 bridgehead atoms. The highest BCUT2D eigenvalue weighted by atomic mass is 16.7. The van der Waals surface area contributed by atoms with Crippen LogP contribution in [0.1, 0.15) is 37.3 Å². The number of aromatic amines is 1. The zero-order valence-electron chi connectivity index (χ0n) is 19.6. The average Bonchev–Trinajstić information content (AvgIpc) is 3.53.